The van der Waals surface area contributed by atoms with Crippen LogP contribution in [0.1, 0.15) is 16.8 Å². The van der Waals surface area contributed by atoms with Crippen LogP contribution in [0.5, 0.6) is 0 Å². The van der Waals surface area contributed by atoms with E-state index < -0.39 is 9.84 Å². The van der Waals surface area contributed by atoms with Crippen LogP contribution in [0.15, 0.2) is 59.2 Å². The molecule has 1 heterocycles. The molecule has 0 radical (unpaired) electrons. The number of rotatable bonds is 5. The molecule has 0 saturated carbocycles. The van der Waals surface area contributed by atoms with E-state index in [1.165, 1.54) is 6.26 Å². The maximum atomic E-state index is 12.4. The van der Waals surface area contributed by atoms with Crippen LogP contribution < -0.4 is 0 Å². The van der Waals surface area contributed by atoms with Crippen molar-refractivity contribution in [1.29, 1.82) is 0 Å². The maximum Gasteiger partial charge on any atom is 0.226 e. The highest BCUT2D eigenvalue weighted by Crippen LogP contribution is 2.23. The number of hydrogen-bond acceptors (Lipinski definition) is 4. The van der Waals surface area contributed by atoms with Crippen LogP contribution in [0.3, 0.4) is 0 Å². The summed E-state index contributed by atoms with van der Waals surface area (Å²) in [5.74, 6) is 0.176. The van der Waals surface area contributed by atoms with Gasteiger partial charge >= 0.3 is 0 Å². The predicted molar refractivity (Wildman–Crippen MR) is 94.5 cm³/mol. The van der Waals surface area contributed by atoms with Crippen LogP contribution in [-0.2, 0) is 21.3 Å². The summed E-state index contributed by atoms with van der Waals surface area (Å²) < 4.78 is 30.1. The van der Waals surface area contributed by atoms with Gasteiger partial charge in [0.25, 0.3) is 0 Å². The average Bonchev–Trinajstić information content (AvgIpc) is 2.97. The first-order valence-corrected chi connectivity index (χ1v) is 9.57. The van der Waals surface area contributed by atoms with Gasteiger partial charge in [0.2, 0.25) is 5.89 Å². The zero-order valence-electron chi connectivity index (χ0n) is 13.1. The van der Waals surface area contributed by atoms with E-state index >= 15 is 0 Å². The molecule has 0 amide bonds. The molecule has 0 N–H and O–H groups in total. The average molecular weight is 362 g/mol. The Labute approximate surface area is 146 Å². The summed E-state index contributed by atoms with van der Waals surface area (Å²) in [7, 11) is -3.33. The number of benzene rings is 2. The van der Waals surface area contributed by atoms with Crippen molar-refractivity contribution in [2.45, 2.75) is 18.4 Å². The molecule has 1 aromatic heterocycles. The Bertz CT molecular complexity index is 946. The Kier molecular flexibility index (Phi) is 4.73. The Balaban J connectivity index is 1.75. The standard InChI is InChI=1S/C18H16ClNO3S/c1-13-5-7-14(8-6-13)11-24(21,22)12-17-10-23-18(20-17)15-3-2-4-16(19)9-15/h2-10H,11-12H2,1H3. The normalized spacial score (nSPS) is 11.6. The molecule has 0 bridgehead atoms. The molecule has 24 heavy (non-hydrogen) atoms. The molecule has 0 unspecified atom stereocenters. The van der Waals surface area contributed by atoms with Crippen molar-refractivity contribution in [3.63, 3.8) is 0 Å². The van der Waals surface area contributed by atoms with E-state index in [0.717, 1.165) is 11.1 Å². The second-order valence-corrected chi connectivity index (χ2v) is 8.17. The predicted octanol–water partition coefficient (Wildman–Crippen LogP) is 4.42. The molecule has 0 spiro atoms. The monoisotopic (exact) mass is 361 g/mol. The molecule has 0 aliphatic carbocycles. The fourth-order valence-electron chi connectivity index (χ4n) is 2.34. The number of sulfone groups is 1. The number of halogens is 1. The highest BCUT2D eigenvalue weighted by Gasteiger charge is 2.17. The summed E-state index contributed by atoms with van der Waals surface area (Å²) in [6, 6.07) is 14.5. The van der Waals surface area contributed by atoms with Gasteiger partial charge in [0.15, 0.2) is 9.84 Å². The minimum Gasteiger partial charge on any atom is -0.444 e. The van der Waals surface area contributed by atoms with Crippen LogP contribution in [0.2, 0.25) is 5.02 Å². The third kappa shape index (κ3) is 4.24. The van der Waals surface area contributed by atoms with Crippen molar-refractivity contribution >= 4 is 21.4 Å². The van der Waals surface area contributed by atoms with E-state index in [1.54, 1.807) is 18.2 Å². The molecule has 0 aliphatic rings. The van der Waals surface area contributed by atoms with Crippen LogP contribution in [0.4, 0.5) is 0 Å². The van der Waals surface area contributed by atoms with Crippen molar-refractivity contribution in [3.8, 4) is 11.5 Å². The molecular weight excluding hydrogens is 346 g/mol. The lowest BCUT2D eigenvalue weighted by Crippen LogP contribution is -2.08. The maximum absolute atomic E-state index is 12.4. The van der Waals surface area contributed by atoms with Gasteiger partial charge in [-0.05, 0) is 30.7 Å². The number of hydrogen-bond donors (Lipinski definition) is 0. The van der Waals surface area contributed by atoms with Gasteiger partial charge in [-0.3, -0.25) is 0 Å². The van der Waals surface area contributed by atoms with Crippen LogP contribution >= 0.6 is 11.6 Å². The Morgan fingerprint density at radius 1 is 1.08 bits per heavy atom. The SMILES string of the molecule is Cc1ccc(CS(=O)(=O)Cc2coc(-c3cccc(Cl)c3)n2)cc1. The first-order valence-electron chi connectivity index (χ1n) is 7.38. The van der Waals surface area contributed by atoms with Crippen LogP contribution in [0.25, 0.3) is 11.5 Å². The van der Waals surface area contributed by atoms with Gasteiger partial charge in [0, 0.05) is 10.6 Å². The summed E-state index contributed by atoms with van der Waals surface area (Å²) in [5.41, 5.74) is 2.96. The van der Waals surface area contributed by atoms with Crippen molar-refractivity contribution in [2.75, 3.05) is 0 Å². The Morgan fingerprint density at radius 3 is 2.54 bits per heavy atom. The number of aromatic nitrogens is 1. The topological polar surface area (TPSA) is 60.2 Å². The first kappa shape index (κ1) is 16.7. The van der Waals surface area contributed by atoms with Crippen molar-refractivity contribution < 1.29 is 12.8 Å². The number of nitrogens with zero attached hydrogens (tertiary/aromatic N) is 1. The molecule has 0 atom stereocenters. The van der Waals surface area contributed by atoms with Gasteiger partial charge in [-0.15, -0.1) is 0 Å². The number of aryl methyl sites for hydroxylation is 1. The van der Waals surface area contributed by atoms with Crippen LogP contribution in [-0.4, -0.2) is 13.4 Å². The van der Waals surface area contributed by atoms with E-state index in [0.29, 0.717) is 22.2 Å². The van der Waals surface area contributed by atoms with Crippen molar-refractivity contribution in [3.05, 3.63) is 76.6 Å². The largest absolute Gasteiger partial charge is 0.444 e. The lowest BCUT2D eigenvalue weighted by atomic mass is 10.2. The van der Waals surface area contributed by atoms with Gasteiger partial charge < -0.3 is 4.42 Å². The quantitative estimate of drug-likeness (QED) is 0.675. The lowest BCUT2D eigenvalue weighted by molar-refractivity contribution is 0.571. The third-order valence-electron chi connectivity index (χ3n) is 3.50. The molecule has 0 saturated heterocycles. The highest BCUT2D eigenvalue weighted by molar-refractivity contribution is 7.89. The van der Waals surface area contributed by atoms with Gasteiger partial charge in [0.05, 0.1) is 17.2 Å². The van der Waals surface area contributed by atoms with E-state index in [9.17, 15) is 8.42 Å². The van der Waals surface area contributed by atoms with E-state index in [1.807, 2.05) is 37.3 Å². The summed E-state index contributed by atoms with van der Waals surface area (Å²) >= 11 is 5.94. The van der Waals surface area contributed by atoms with Crippen molar-refractivity contribution in [2.24, 2.45) is 0 Å². The molecule has 4 nitrogen and oxygen atoms in total. The Morgan fingerprint density at radius 2 is 1.83 bits per heavy atom. The first-order chi connectivity index (χ1) is 11.4. The second kappa shape index (κ2) is 6.79. The molecule has 3 aromatic rings. The third-order valence-corrected chi connectivity index (χ3v) is 5.24. The van der Waals surface area contributed by atoms with Crippen molar-refractivity contribution in [1.82, 2.24) is 4.98 Å². The molecule has 3 rings (SSSR count). The molecule has 0 aliphatic heterocycles. The smallest absolute Gasteiger partial charge is 0.226 e. The lowest BCUT2D eigenvalue weighted by Gasteiger charge is -2.03. The summed E-state index contributed by atoms with van der Waals surface area (Å²) in [6.45, 7) is 1.96. The second-order valence-electron chi connectivity index (χ2n) is 5.67. The minimum atomic E-state index is -3.33. The van der Waals surface area contributed by atoms with Gasteiger partial charge in [-0.1, -0.05) is 47.5 Å². The Hall–Kier alpha value is -2.11. The zero-order chi connectivity index (χ0) is 17.2. The van der Waals surface area contributed by atoms with E-state index in [4.69, 9.17) is 16.0 Å². The molecular formula is C18H16ClNO3S. The summed E-state index contributed by atoms with van der Waals surface area (Å²) in [4.78, 5) is 4.26. The fourth-order valence-corrected chi connectivity index (χ4v) is 3.92. The molecule has 0 fully saturated rings. The van der Waals surface area contributed by atoms with Gasteiger partial charge in [0.1, 0.15) is 6.26 Å². The van der Waals surface area contributed by atoms with Gasteiger partial charge in [-0.25, -0.2) is 13.4 Å². The van der Waals surface area contributed by atoms with Crippen LogP contribution in [0, 0.1) is 6.92 Å². The minimum absolute atomic E-state index is 0.0212. The number of oxazole rings is 1. The van der Waals surface area contributed by atoms with E-state index in [2.05, 4.69) is 4.98 Å². The van der Waals surface area contributed by atoms with E-state index in [-0.39, 0.29) is 11.5 Å². The zero-order valence-corrected chi connectivity index (χ0v) is 14.6. The fraction of sp³-hybridized carbons (Fsp3) is 0.167. The molecule has 6 heteroatoms. The van der Waals surface area contributed by atoms with Gasteiger partial charge in [-0.2, -0.15) is 0 Å². The summed E-state index contributed by atoms with van der Waals surface area (Å²) in [6.07, 6.45) is 1.38. The highest BCUT2D eigenvalue weighted by atomic mass is 35.5. The molecule has 2 aromatic carbocycles. The summed E-state index contributed by atoms with van der Waals surface area (Å²) in [5, 5.41) is 0.569. The molecule has 124 valence electrons.